The molecule has 1 N–H and O–H groups in total. The number of allylic oxidation sites excluding steroid dienone is 1. The van der Waals surface area contributed by atoms with Crippen LogP contribution < -0.4 is 5.32 Å². The van der Waals surface area contributed by atoms with Gasteiger partial charge in [-0.1, -0.05) is 26.0 Å². The third-order valence-corrected chi connectivity index (χ3v) is 3.96. The third-order valence-electron chi connectivity index (χ3n) is 3.96. The molecule has 22 heavy (non-hydrogen) atoms. The molecule has 0 unspecified atom stereocenters. The second kappa shape index (κ2) is 6.14. The molecule has 0 radical (unpaired) electrons. The summed E-state index contributed by atoms with van der Waals surface area (Å²) < 4.78 is 0. The van der Waals surface area contributed by atoms with Gasteiger partial charge in [-0.2, -0.15) is 0 Å². The lowest BCUT2D eigenvalue weighted by molar-refractivity contribution is -0.116. The first-order valence-electron chi connectivity index (χ1n) is 7.68. The summed E-state index contributed by atoms with van der Waals surface area (Å²) in [5.41, 5.74) is 5.78. The molecule has 1 aliphatic heterocycles. The zero-order valence-corrected chi connectivity index (χ0v) is 13.0. The summed E-state index contributed by atoms with van der Waals surface area (Å²) in [6.45, 7) is 4.40. The van der Waals surface area contributed by atoms with Crippen LogP contribution >= 0.6 is 0 Å². The highest BCUT2D eigenvalue weighted by atomic mass is 16.1. The van der Waals surface area contributed by atoms with Gasteiger partial charge in [0.15, 0.2) is 0 Å². The topological polar surface area (TPSA) is 42.0 Å². The molecule has 1 aromatic heterocycles. The molecule has 0 saturated heterocycles. The van der Waals surface area contributed by atoms with Gasteiger partial charge in [-0.25, -0.2) is 0 Å². The summed E-state index contributed by atoms with van der Waals surface area (Å²) in [5, 5.41) is 2.94. The predicted molar refractivity (Wildman–Crippen MR) is 90.3 cm³/mol. The highest BCUT2D eigenvalue weighted by molar-refractivity contribution is 5.94. The number of nitrogens with one attached hydrogen (secondary N) is 1. The number of rotatable bonds is 3. The van der Waals surface area contributed by atoms with E-state index in [1.165, 1.54) is 16.7 Å². The van der Waals surface area contributed by atoms with E-state index in [-0.39, 0.29) is 5.91 Å². The highest BCUT2D eigenvalue weighted by Gasteiger charge is 2.16. The first kappa shape index (κ1) is 14.5. The van der Waals surface area contributed by atoms with Crippen LogP contribution in [0.15, 0.2) is 42.7 Å². The zero-order valence-electron chi connectivity index (χ0n) is 13.0. The van der Waals surface area contributed by atoms with Crippen LogP contribution in [0, 0.1) is 5.92 Å². The number of hydrogen-bond acceptors (Lipinski definition) is 2. The first-order chi connectivity index (χ1) is 10.6. The lowest BCUT2D eigenvalue weighted by Crippen LogP contribution is -2.19. The average Bonchev–Trinajstić information content (AvgIpc) is 2.53. The van der Waals surface area contributed by atoms with Gasteiger partial charge in [-0.15, -0.1) is 0 Å². The number of carbonyl (C=O) groups is 1. The van der Waals surface area contributed by atoms with Crippen LogP contribution in [-0.4, -0.2) is 10.9 Å². The van der Waals surface area contributed by atoms with E-state index >= 15 is 0 Å². The van der Waals surface area contributed by atoms with Crippen molar-refractivity contribution in [2.45, 2.75) is 26.7 Å². The van der Waals surface area contributed by atoms with Crippen molar-refractivity contribution >= 4 is 23.2 Å². The van der Waals surface area contributed by atoms with E-state index in [4.69, 9.17) is 0 Å². The molecule has 0 aliphatic carbocycles. The molecule has 112 valence electrons. The number of fused-ring (bicyclic) bond motifs is 1. The summed E-state index contributed by atoms with van der Waals surface area (Å²) in [7, 11) is 0. The Hall–Kier alpha value is -2.42. The Kier molecular flexibility index (Phi) is 4.05. The van der Waals surface area contributed by atoms with E-state index in [2.05, 4.69) is 48.4 Å². The van der Waals surface area contributed by atoms with Crippen LogP contribution in [0.4, 0.5) is 5.69 Å². The van der Waals surface area contributed by atoms with Crippen molar-refractivity contribution in [1.29, 1.82) is 0 Å². The van der Waals surface area contributed by atoms with Crippen LogP contribution in [0.25, 0.3) is 11.6 Å². The molecule has 2 aromatic rings. The van der Waals surface area contributed by atoms with Crippen molar-refractivity contribution < 1.29 is 4.79 Å². The Morgan fingerprint density at radius 2 is 2.14 bits per heavy atom. The Labute approximate surface area is 131 Å². The number of hydrogen-bond donors (Lipinski definition) is 1. The van der Waals surface area contributed by atoms with E-state index in [9.17, 15) is 4.79 Å². The Bertz CT molecular complexity index is 717. The van der Waals surface area contributed by atoms with Crippen molar-refractivity contribution in [2.75, 3.05) is 5.32 Å². The minimum atomic E-state index is 0.107. The fraction of sp³-hybridized carbons (Fsp3) is 0.263. The molecule has 0 bridgehead atoms. The van der Waals surface area contributed by atoms with Gasteiger partial charge in [0.25, 0.3) is 0 Å². The van der Waals surface area contributed by atoms with Gasteiger partial charge in [0.1, 0.15) is 0 Å². The van der Waals surface area contributed by atoms with E-state index in [0.29, 0.717) is 12.3 Å². The van der Waals surface area contributed by atoms with Crippen LogP contribution in [-0.2, 0) is 11.2 Å². The molecule has 0 spiro atoms. The van der Waals surface area contributed by atoms with Gasteiger partial charge in [-0.3, -0.25) is 9.78 Å². The van der Waals surface area contributed by atoms with Crippen molar-refractivity contribution in [3.63, 3.8) is 0 Å². The quantitative estimate of drug-likeness (QED) is 0.922. The monoisotopic (exact) mass is 292 g/mol. The number of anilines is 1. The molecular weight excluding hydrogens is 272 g/mol. The SMILES string of the molecule is CC(C)/C(=C\c1cccnc1)c1ccc2c(c1)CCC(=O)N2. The standard InChI is InChI=1S/C19H20N2O/c1-13(2)17(10-14-4-3-9-20-12-14)15-5-7-18-16(11-15)6-8-19(22)21-18/h3-5,7,9-13H,6,8H2,1-2H3,(H,21,22)/b17-10+. The Morgan fingerprint density at radius 3 is 2.86 bits per heavy atom. The number of aromatic nitrogens is 1. The fourth-order valence-electron chi connectivity index (χ4n) is 2.79. The van der Waals surface area contributed by atoms with E-state index in [0.717, 1.165) is 17.7 Å². The zero-order chi connectivity index (χ0) is 15.5. The summed E-state index contributed by atoms with van der Waals surface area (Å²) in [5.74, 6) is 0.520. The van der Waals surface area contributed by atoms with E-state index < -0.39 is 0 Å². The van der Waals surface area contributed by atoms with E-state index in [1.54, 1.807) is 6.20 Å². The number of carbonyl (C=O) groups excluding carboxylic acids is 1. The Balaban J connectivity index is 1.99. The normalized spacial score (nSPS) is 14.7. The minimum Gasteiger partial charge on any atom is -0.326 e. The predicted octanol–water partition coefficient (Wildman–Crippen LogP) is 4.16. The number of amides is 1. The fourth-order valence-corrected chi connectivity index (χ4v) is 2.79. The summed E-state index contributed by atoms with van der Waals surface area (Å²) in [6, 6.07) is 10.3. The smallest absolute Gasteiger partial charge is 0.224 e. The number of benzene rings is 1. The molecule has 1 aromatic carbocycles. The third kappa shape index (κ3) is 3.08. The highest BCUT2D eigenvalue weighted by Crippen LogP contribution is 2.31. The maximum atomic E-state index is 11.5. The molecule has 3 heteroatoms. The van der Waals surface area contributed by atoms with Gasteiger partial charge in [-0.05, 0) is 58.9 Å². The van der Waals surface area contributed by atoms with Gasteiger partial charge in [0, 0.05) is 24.5 Å². The van der Waals surface area contributed by atoms with Crippen LogP contribution in [0.2, 0.25) is 0 Å². The molecule has 0 fully saturated rings. The number of nitrogens with zero attached hydrogens (tertiary/aromatic N) is 1. The second-order valence-corrected chi connectivity index (χ2v) is 5.96. The average molecular weight is 292 g/mol. The van der Waals surface area contributed by atoms with Crippen molar-refractivity contribution in [3.05, 3.63) is 59.4 Å². The molecule has 3 nitrogen and oxygen atoms in total. The molecule has 0 saturated carbocycles. The molecule has 1 aliphatic rings. The van der Waals surface area contributed by atoms with Crippen LogP contribution in [0.1, 0.15) is 37.0 Å². The molecule has 0 atom stereocenters. The molecular formula is C19H20N2O. The first-order valence-corrected chi connectivity index (χ1v) is 7.68. The maximum absolute atomic E-state index is 11.5. The minimum absolute atomic E-state index is 0.107. The van der Waals surface area contributed by atoms with Crippen molar-refractivity contribution in [3.8, 4) is 0 Å². The van der Waals surface area contributed by atoms with Gasteiger partial charge >= 0.3 is 0 Å². The van der Waals surface area contributed by atoms with E-state index in [1.807, 2.05) is 18.3 Å². The Morgan fingerprint density at radius 1 is 1.27 bits per heavy atom. The van der Waals surface area contributed by atoms with Crippen LogP contribution in [0.5, 0.6) is 0 Å². The lowest BCUT2D eigenvalue weighted by Gasteiger charge is -2.19. The summed E-state index contributed by atoms with van der Waals surface area (Å²) >= 11 is 0. The van der Waals surface area contributed by atoms with Gasteiger partial charge < -0.3 is 5.32 Å². The summed E-state index contributed by atoms with van der Waals surface area (Å²) in [6.07, 6.45) is 7.24. The summed E-state index contributed by atoms with van der Waals surface area (Å²) in [4.78, 5) is 15.6. The molecule has 3 rings (SSSR count). The van der Waals surface area contributed by atoms with Crippen molar-refractivity contribution in [2.24, 2.45) is 5.92 Å². The van der Waals surface area contributed by atoms with Gasteiger partial charge in [0.05, 0.1) is 0 Å². The van der Waals surface area contributed by atoms with Crippen LogP contribution in [0.3, 0.4) is 0 Å². The van der Waals surface area contributed by atoms with Crippen molar-refractivity contribution in [1.82, 2.24) is 4.98 Å². The number of aryl methyl sites for hydroxylation is 1. The van der Waals surface area contributed by atoms with Gasteiger partial charge in [0.2, 0.25) is 5.91 Å². The maximum Gasteiger partial charge on any atom is 0.224 e. The lowest BCUT2D eigenvalue weighted by atomic mass is 9.90. The largest absolute Gasteiger partial charge is 0.326 e. The molecule has 2 heterocycles. The second-order valence-electron chi connectivity index (χ2n) is 5.96. The molecule has 1 amide bonds. The number of pyridine rings is 1.